The zero-order valence-corrected chi connectivity index (χ0v) is 16.4. The predicted octanol–water partition coefficient (Wildman–Crippen LogP) is 2.72. The Labute approximate surface area is 170 Å². The lowest BCUT2D eigenvalue weighted by molar-refractivity contribution is 0.237. The number of nitrogens with one attached hydrogen (secondary N) is 2. The molecule has 2 aromatic carbocycles. The number of rotatable bonds is 7. The lowest BCUT2D eigenvalue weighted by Gasteiger charge is -2.19. The van der Waals surface area contributed by atoms with Crippen molar-refractivity contribution in [3.05, 3.63) is 77.4 Å². The Morgan fingerprint density at radius 3 is 2.59 bits per heavy atom. The van der Waals surface area contributed by atoms with Crippen molar-refractivity contribution in [2.75, 3.05) is 6.61 Å². The molecule has 3 rings (SSSR count). The number of ether oxygens (including phenoxy) is 1. The molecule has 1 aromatic heterocycles. The SMILES string of the molecule is C#CCOc1ccccc1CNC(=O)NC(c1ccccc1)c1nnc(C)n1C. The van der Waals surface area contributed by atoms with Gasteiger partial charge in [0.1, 0.15) is 24.2 Å². The minimum atomic E-state index is -0.435. The van der Waals surface area contributed by atoms with E-state index in [9.17, 15) is 4.79 Å². The highest BCUT2D eigenvalue weighted by atomic mass is 16.5. The van der Waals surface area contributed by atoms with E-state index >= 15 is 0 Å². The van der Waals surface area contributed by atoms with Gasteiger partial charge in [0, 0.05) is 19.2 Å². The van der Waals surface area contributed by atoms with Gasteiger partial charge in [-0.05, 0) is 18.6 Å². The molecule has 2 amide bonds. The summed E-state index contributed by atoms with van der Waals surface area (Å²) < 4.78 is 7.39. The number of terminal acetylenes is 1. The van der Waals surface area contributed by atoms with Crippen LogP contribution < -0.4 is 15.4 Å². The average molecular weight is 389 g/mol. The Kier molecular flexibility index (Phi) is 6.48. The molecule has 0 fully saturated rings. The summed E-state index contributed by atoms with van der Waals surface area (Å²) in [6.45, 7) is 2.34. The zero-order valence-electron chi connectivity index (χ0n) is 16.4. The maximum absolute atomic E-state index is 12.7. The third kappa shape index (κ3) is 4.93. The number of aromatic nitrogens is 3. The highest BCUT2D eigenvalue weighted by Gasteiger charge is 2.22. The van der Waals surface area contributed by atoms with Crippen LogP contribution in [0.4, 0.5) is 4.79 Å². The zero-order chi connectivity index (χ0) is 20.6. The van der Waals surface area contributed by atoms with Gasteiger partial charge in [-0.3, -0.25) is 0 Å². The van der Waals surface area contributed by atoms with E-state index in [4.69, 9.17) is 11.2 Å². The summed E-state index contributed by atoms with van der Waals surface area (Å²) in [5.74, 6) is 4.51. The van der Waals surface area contributed by atoms with Gasteiger partial charge in [0.2, 0.25) is 0 Å². The van der Waals surface area contributed by atoms with Crippen molar-refractivity contribution in [3.8, 4) is 18.1 Å². The molecule has 7 heteroatoms. The normalized spacial score (nSPS) is 11.3. The van der Waals surface area contributed by atoms with Crippen molar-refractivity contribution in [2.45, 2.75) is 19.5 Å². The molecule has 1 heterocycles. The Morgan fingerprint density at radius 2 is 1.90 bits per heavy atom. The summed E-state index contributed by atoms with van der Waals surface area (Å²) in [6, 6.07) is 16.3. The fourth-order valence-corrected chi connectivity index (χ4v) is 2.89. The Balaban J connectivity index is 1.73. The van der Waals surface area contributed by atoms with Crippen molar-refractivity contribution in [2.24, 2.45) is 7.05 Å². The van der Waals surface area contributed by atoms with Gasteiger partial charge in [-0.1, -0.05) is 54.5 Å². The first-order valence-electron chi connectivity index (χ1n) is 9.19. The lowest BCUT2D eigenvalue weighted by atomic mass is 10.1. The van der Waals surface area contributed by atoms with Crippen LogP contribution in [0.15, 0.2) is 54.6 Å². The molecule has 0 bridgehead atoms. The highest BCUT2D eigenvalue weighted by Crippen LogP contribution is 2.21. The van der Waals surface area contributed by atoms with Crippen LogP contribution in [0.25, 0.3) is 0 Å². The van der Waals surface area contributed by atoms with Crippen molar-refractivity contribution < 1.29 is 9.53 Å². The number of amides is 2. The number of hydrogen-bond acceptors (Lipinski definition) is 4. The quantitative estimate of drug-likeness (QED) is 0.609. The van der Waals surface area contributed by atoms with Crippen molar-refractivity contribution in [1.82, 2.24) is 25.4 Å². The summed E-state index contributed by atoms with van der Waals surface area (Å²) in [4.78, 5) is 12.7. The minimum absolute atomic E-state index is 0.171. The predicted molar refractivity (Wildman–Crippen MR) is 110 cm³/mol. The van der Waals surface area contributed by atoms with Crippen LogP contribution >= 0.6 is 0 Å². The number of nitrogens with zero attached hydrogens (tertiary/aromatic N) is 3. The highest BCUT2D eigenvalue weighted by molar-refractivity contribution is 5.75. The Morgan fingerprint density at radius 1 is 1.17 bits per heavy atom. The van der Waals surface area contributed by atoms with E-state index in [-0.39, 0.29) is 12.6 Å². The van der Waals surface area contributed by atoms with Gasteiger partial charge >= 0.3 is 6.03 Å². The van der Waals surface area contributed by atoms with E-state index < -0.39 is 6.04 Å². The van der Waals surface area contributed by atoms with Gasteiger partial charge in [0.05, 0.1) is 0 Å². The molecule has 148 valence electrons. The second kappa shape index (κ2) is 9.42. The average Bonchev–Trinajstić information content (AvgIpc) is 3.08. The number of aryl methyl sites for hydroxylation is 1. The molecule has 2 N–H and O–H groups in total. The van der Waals surface area contributed by atoms with Gasteiger partial charge in [-0.2, -0.15) is 0 Å². The third-order valence-corrected chi connectivity index (χ3v) is 4.52. The maximum atomic E-state index is 12.7. The van der Waals surface area contributed by atoms with E-state index in [0.29, 0.717) is 18.1 Å². The Hall–Kier alpha value is -3.79. The van der Waals surface area contributed by atoms with E-state index in [0.717, 1.165) is 17.0 Å². The number of urea groups is 1. The monoisotopic (exact) mass is 389 g/mol. The standard InChI is InChI=1S/C22H23N5O2/c1-4-14-29-19-13-9-8-12-18(19)15-23-22(28)24-20(17-10-6-5-7-11-17)21-26-25-16(2)27(21)3/h1,5-13,20H,14-15H2,2-3H3,(H2,23,24,28). The summed E-state index contributed by atoms with van der Waals surface area (Å²) in [5, 5.41) is 14.2. The first-order chi connectivity index (χ1) is 14.1. The van der Waals surface area contributed by atoms with Gasteiger partial charge in [0.15, 0.2) is 5.82 Å². The first-order valence-corrected chi connectivity index (χ1v) is 9.19. The number of hydrogen-bond donors (Lipinski definition) is 2. The van der Waals surface area contributed by atoms with Gasteiger partial charge in [-0.15, -0.1) is 16.6 Å². The van der Waals surface area contributed by atoms with Crippen LogP contribution in [-0.4, -0.2) is 27.4 Å². The molecule has 0 saturated carbocycles. The maximum Gasteiger partial charge on any atom is 0.315 e. The van der Waals surface area contributed by atoms with Crippen molar-refractivity contribution in [3.63, 3.8) is 0 Å². The van der Waals surface area contributed by atoms with E-state index in [1.54, 1.807) is 0 Å². The first kappa shape index (κ1) is 20.0. The van der Waals surface area contributed by atoms with Crippen molar-refractivity contribution in [1.29, 1.82) is 0 Å². The van der Waals surface area contributed by atoms with Crippen LogP contribution in [0.3, 0.4) is 0 Å². The summed E-state index contributed by atoms with van der Waals surface area (Å²) in [5.41, 5.74) is 1.75. The lowest BCUT2D eigenvalue weighted by Crippen LogP contribution is -2.39. The molecule has 0 aliphatic heterocycles. The molecule has 0 radical (unpaired) electrons. The molecule has 0 aliphatic carbocycles. The van der Waals surface area contributed by atoms with Crippen LogP contribution in [-0.2, 0) is 13.6 Å². The van der Waals surface area contributed by atoms with Crippen LogP contribution in [0.2, 0.25) is 0 Å². The van der Waals surface area contributed by atoms with Crippen LogP contribution in [0.1, 0.15) is 28.8 Å². The van der Waals surface area contributed by atoms with E-state index in [1.807, 2.05) is 73.1 Å². The fraction of sp³-hybridized carbons (Fsp3) is 0.227. The molecule has 3 aromatic rings. The molecule has 29 heavy (non-hydrogen) atoms. The molecule has 0 saturated heterocycles. The summed E-state index contributed by atoms with van der Waals surface area (Å²) in [6.07, 6.45) is 5.26. The van der Waals surface area contributed by atoms with Crippen molar-refractivity contribution >= 4 is 6.03 Å². The molecule has 0 spiro atoms. The second-order valence-corrected chi connectivity index (χ2v) is 6.44. The minimum Gasteiger partial charge on any atom is -0.481 e. The van der Waals surface area contributed by atoms with Crippen LogP contribution in [0.5, 0.6) is 5.75 Å². The van der Waals surface area contributed by atoms with E-state index in [1.165, 1.54) is 0 Å². The number of carbonyl (C=O) groups excluding carboxylic acids is 1. The second-order valence-electron chi connectivity index (χ2n) is 6.44. The molecule has 0 aliphatic rings. The topological polar surface area (TPSA) is 81.1 Å². The largest absolute Gasteiger partial charge is 0.481 e. The summed E-state index contributed by atoms with van der Waals surface area (Å²) in [7, 11) is 1.87. The number of carbonyl (C=O) groups is 1. The number of benzene rings is 2. The fourth-order valence-electron chi connectivity index (χ4n) is 2.89. The summed E-state index contributed by atoms with van der Waals surface area (Å²) >= 11 is 0. The third-order valence-electron chi connectivity index (χ3n) is 4.52. The Bertz CT molecular complexity index is 1010. The van der Waals surface area contributed by atoms with Gasteiger partial charge < -0.3 is 19.9 Å². The van der Waals surface area contributed by atoms with Gasteiger partial charge in [0.25, 0.3) is 0 Å². The van der Waals surface area contributed by atoms with Gasteiger partial charge in [-0.25, -0.2) is 4.79 Å². The van der Waals surface area contributed by atoms with Crippen LogP contribution in [0, 0.1) is 19.3 Å². The number of para-hydroxylation sites is 1. The molecule has 1 unspecified atom stereocenters. The smallest absolute Gasteiger partial charge is 0.315 e. The van der Waals surface area contributed by atoms with E-state index in [2.05, 4.69) is 26.8 Å². The molecular formula is C22H23N5O2. The molecular weight excluding hydrogens is 366 g/mol. The molecule has 7 nitrogen and oxygen atoms in total. The molecule has 1 atom stereocenters.